The van der Waals surface area contributed by atoms with E-state index >= 15 is 0 Å². The Bertz CT molecular complexity index is 958. The number of benzene rings is 3. The lowest BCUT2D eigenvalue weighted by atomic mass is 10.1. The summed E-state index contributed by atoms with van der Waals surface area (Å²) in [5.41, 5.74) is 2.21. The Labute approximate surface area is 168 Å². The van der Waals surface area contributed by atoms with Crippen LogP contribution in [0.2, 0.25) is 0 Å². The molecule has 0 aliphatic heterocycles. The third-order valence-electron chi connectivity index (χ3n) is 4.08. The molecule has 6 heteroatoms. The van der Waals surface area contributed by atoms with Gasteiger partial charge in [0, 0.05) is 6.07 Å². The quantitative estimate of drug-likeness (QED) is 0.582. The number of aliphatic carboxylic acids is 1. The summed E-state index contributed by atoms with van der Waals surface area (Å²) in [5, 5.41) is 11.1. The summed E-state index contributed by atoms with van der Waals surface area (Å²) in [6.45, 7) is 0.176. The first-order chi connectivity index (χ1) is 14.1. The van der Waals surface area contributed by atoms with E-state index in [1.807, 2.05) is 60.7 Å². The summed E-state index contributed by atoms with van der Waals surface area (Å²) in [6.07, 6.45) is 0. The number of rotatable bonds is 9. The Kier molecular flexibility index (Phi) is 6.84. The van der Waals surface area contributed by atoms with Gasteiger partial charge in [0.2, 0.25) is 0 Å². The van der Waals surface area contributed by atoms with Crippen LogP contribution in [0.4, 0.5) is 0 Å². The summed E-state index contributed by atoms with van der Waals surface area (Å²) >= 11 is 0. The lowest BCUT2D eigenvalue weighted by molar-refractivity contribution is -0.135. The van der Waals surface area contributed by atoms with E-state index in [0.29, 0.717) is 18.1 Å². The van der Waals surface area contributed by atoms with Crippen molar-refractivity contribution < 1.29 is 24.2 Å². The summed E-state index contributed by atoms with van der Waals surface area (Å²) in [4.78, 5) is 23.1. The predicted octanol–water partition coefficient (Wildman–Crippen LogP) is 3.66. The minimum atomic E-state index is -1.12. The van der Waals surface area contributed by atoms with Crippen LogP contribution in [0.15, 0.2) is 78.9 Å². The molecule has 0 bridgehead atoms. The van der Waals surface area contributed by atoms with Crippen molar-refractivity contribution in [3.05, 3.63) is 95.6 Å². The van der Waals surface area contributed by atoms with Crippen LogP contribution >= 0.6 is 0 Å². The van der Waals surface area contributed by atoms with Crippen LogP contribution in [0.3, 0.4) is 0 Å². The number of nitrogens with one attached hydrogen (secondary N) is 1. The largest absolute Gasteiger partial charge is 0.489 e. The van der Waals surface area contributed by atoms with Crippen molar-refractivity contribution in [3.8, 4) is 11.5 Å². The van der Waals surface area contributed by atoms with Crippen LogP contribution in [0.5, 0.6) is 11.5 Å². The molecule has 2 N–H and O–H groups in total. The molecule has 0 aliphatic rings. The van der Waals surface area contributed by atoms with E-state index in [2.05, 4.69) is 5.32 Å². The Hall–Kier alpha value is -3.80. The van der Waals surface area contributed by atoms with Gasteiger partial charge in [0.15, 0.2) is 0 Å². The summed E-state index contributed by atoms with van der Waals surface area (Å²) in [5.74, 6) is -0.771. The van der Waals surface area contributed by atoms with Crippen molar-refractivity contribution in [1.82, 2.24) is 5.32 Å². The highest BCUT2D eigenvalue weighted by molar-refractivity contribution is 5.98. The zero-order valence-electron chi connectivity index (χ0n) is 15.7. The summed E-state index contributed by atoms with van der Waals surface area (Å²) < 4.78 is 11.7. The molecule has 0 aliphatic carbocycles. The maximum absolute atomic E-state index is 12.4. The molecule has 0 saturated carbocycles. The number of carbonyl (C=O) groups excluding carboxylic acids is 1. The molecule has 0 fully saturated rings. The van der Waals surface area contributed by atoms with Gasteiger partial charge in [-0.1, -0.05) is 60.7 Å². The van der Waals surface area contributed by atoms with Crippen molar-refractivity contribution in [2.24, 2.45) is 0 Å². The normalized spacial score (nSPS) is 10.2. The first-order valence-corrected chi connectivity index (χ1v) is 9.09. The second-order valence-electron chi connectivity index (χ2n) is 6.28. The fraction of sp³-hybridized carbons (Fsp3) is 0.130. The predicted molar refractivity (Wildman–Crippen MR) is 108 cm³/mol. The van der Waals surface area contributed by atoms with Gasteiger partial charge in [-0.25, -0.2) is 0 Å². The van der Waals surface area contributed by atoms with Gasteiger partial charge in [-0.15, -0.1) is 0 Å². The molecule has 0 unspecified atom stereocenters. The van der Waals surface area contributed by atoms with Crippen LogP contribution in [-0.4, -0.2) is 23.5 Å². The monoisotopic (exact) mass is 391 g/mol. The first-order valence-electron chi connectivity index (χ1n) is 9.09. The van der Waals surface area contributed by atoms with Gasteiger partial charge in [-0.05, 0) is 23.3 Å². The molecule has 6 nitrogen and oxygen atoms in total. The second kappa shape index (κ2) is 9.94. The molecular weight excluding hydrogens is 370 g/mol. The van der Waals surface area contributed by atoms with Crippen LogP contribution in [-0.2, 0) is 18.0 Å². The van der Waals surface area contributed by atoms with Gasteiger partial charge < -0.3 is 19.9 Å². The van der Waals surface area contributed by atoms with Gasteiger partial charge in [-0.2, -0.15) is 0 Å². The third-order valence-corrected chi connectivity index (χ3v) is 4.08. The Balaban J connectivity index is 1.76. The van der Waals surface area contributed by atoms with E-state index < -0.39 is 18.4 Å². The number of carbonyl (C=O) groups is 2. The molecule has 1 amide bonds. The van der Waals surface area contributed by atoms with Crippen molar-refractivity contribution >= 4 is 11.9 Å². The maximum atomic E-state index is 12.4. The van der Waals surface area contributed by atoms with E-state index in [0.717, 1.165) is 11.1 Å². The molecule has 148 valence electrons. The fourth-order valence-corrected chi connectivity index (χ4v) is 2.63. The van der Waals surface area contributed by atoms with Crippen LogP contribution in [0.25, 0.3) is 0 Å². The molecular formula is C23H21NO5. The molecule has 3 rings (SSSR count). The Morgan fingerprint density at radius 1 is 0.793 bits per heavy atom. The molecule has 3 aromatic carbocycles. The molecule has 3 aromatic rings. The number of carboxylic acid groups (broad SMARTS) is 1. The minimum absolute atomic E-state index is 0.245. The van der Waals surface area contributed by atoms with Crippen LogP contribution < -0.4 is 14.8 Å². The van der Waals surface area contributed by atoms with Gasteiger partial charge in [0.25, 0.3) is 5.91 Å². The van der Waals surface area contributed by atoms with Gasteiger partial charge in [0.1, 0.15) is 31.3 Å². The van der Waals surface area contributed by atoms with Gasteiger partial charge in [0.05, 0.1) is 5.56 Å². The van der Waals surface area contributed by atoms with E-state index in [4.69, 9.17) is 14.6 Å². The average Bonchev–Trinajstić information content (AvgIpc) is 2.76. The lowest BCUT2D eigenvalue weighted by Gasteiger charge is -2.14. The van der Waals surface area contributed by atoms with Gasteiger partial charge >= 0.3 is 5.97 Å². The number of carboxylic acids is 1. The number of hydrogen-bond donors (Lipinski definition) is 2. The molecule has 0 heterocycles. The third kappa shape index (κ3) is 6.10. The highest BCUT2D eigenvalue weighted by atomic mass is 16.5. The zero-order chi connectivity index (χ0) is 20.5. The van der Waals surface area contributed by atoms with Crippen molar-refractivity contribution in [2.75, 3.05) is 6.54 Å². The van der Waals surface area contributed by atoms with E-state index in [1.54, 1.807) is 18.2 Å². The summed E-state index contributed by atoms with van der Waals surface area (Å²) in [6, 6.07) is 24.1. The second-order valence-corrected chi connectivity index (χ2v) is 6.28. The fourth-order valence-electron chi connectivity index (χ4n) is 2.63. The SMILES string of the molecule is O=C(O)CNC(=O)c1ccc(OCc2ccccc2)cc1OCc1ccccc1. The summed E-state index contributed by atoms with van der Waals surface area (Å²) in [7, 11) is 0. The highest BCUT2D eigenvalue weighted by Gasteiger charge is 2.15. The molecule has 0 saturated heterocycles. The van der Waals surface area contributed by atoms with E-state index in [1.165, 1.54) is 0 Å². The maximum Gasteiger partial charge on any atom is 0.322 e. The number of hydrogen-bond acceptors (Lipinski definition) is 4. The molecule has 0 aromatic heterocycles. The van der Waals surface area contributed by atoms with E-state index in [-0.39, 0.29) is 12.2 Å². The van der Waals surface area contributed by atoms with Crippen molar-refractivity contribution in [3.63, 3.8) is 0 Å². The zero-order valence-corrected chi connectivity index (χ0v) is 15.7. The van der Waals surface area contributed by atoms with Gasteiger partial charge in [-0.3, -0.25) is 9.59 Å². The first kappa shape index (κ1) is 19.9. The molecule has 0 spiro atoms. The van der Waals surface area contributed by atoms with Crippen LogP contribution in [0.1, 0.15) is 21.5 Å². The lowest BCUT2D eigenvalue weighted by Crippen LogP contribution is -2.29. The molecule has 0 atom stereocenters. The average molecular weight is 391 g/mol. The van der Waals surface area contributed by atoms with E-state index in [9.17, 15) is 9.59 Å². The molecule has 29 heavy (non-hydrogen) atoms. The van der Waals surface area contributed by atoms with Crippen LogP contribution in [0, 0.1) is 0 Å². The highest BCUT2D eigenvalue weighted by Crippen LogP contribution is 2.26. The number of ether oxygens (including phenoxy) is 2. The Morgan fingerprint density at radius 3 is 1.97 bits per heavy atom. The van der Waals surface area contributed by atoms with Crippen molar-refractivity contribution in [2.45, 2.75) is 13.2 Å². The van der Waals surface area contributed by atoms with Crippen molar-refractivity contribution in [1.29, 1.82) is 0 Å². The Morgan fingerprint density at radius 2 is 1.38 bits per heavy atom. The minimum Gasteiger partial charge on any atom is -0.489 e. The molecule has 0 radical (unpaired) electrons. The smallest absolute Gasteiger partial charge is 0.322 e. The number of amides is 1. The topological polar surface area (TPSA) is 84.9 Å². The standard InChI is InChI=1S/C23H21NO5/c25-22(26)14-24-23(27)20-12-11-19(28-15-17-7-3-1-4-8-17)13-21(20)29-16-18-9-5-2-6-10-18/h1-13H,14-16H2,(H,24,27)(H,25,26).